The van der Waals surface area contributed by atoms with Crippen LogP contribution in [0.4, 0.5) is 4.39 Å². The zero-order valence-electron chi connectivity index (χ0n) is 12.7. The molecule has 0 radical (unpaired) electrons. The van der Waals surface area contributed by atoms with Gasteiger partial charge in [0, 0.05) is 12.2 Å². The van der Waals surface area contributed by atoms with Gasteiger partial charge in [-0.05, 0) is 43.4 Å². The van der Waals surface area contributed by atoms with Crippen LogP contribution in [0.2, 0.25) is 0 Å². The third-order valence-corrected chi connectivity index (χ3v) is 3.26. The summed E-state index contributed by atoms with van der Waals surface area (Å²) in [5.74, 6) is -0.362. The molecule has 0 aliphatic heterocycles. The highest BCUT2D eigenvalue weighted by Gasteiger charge is 2.34. The number of hydrogen-bond acceptors (Lipinski definition) is 2. The lowest BCUT2D eigenvalue weighted by Gasteiger charge is -2.35. The zero-order chi connectivity index (χ0) is 14.8. The molecule has 0 fully saturated rings. The predicted octanol–water partition coefficient (Wildman–Crippen LogP) is 3.93. The molecule has 1 aromatic rings. The van der Waals surface area contributed by atoms with Gasteiger partial charge in [-0.2, -0.15) is 0 Å². The summed E-state index contributed by atoms with van der Waals surface area (Å²) in [5, 5.41) is 10.5. The third kappa shape index (κ3) is 3.77. The number of aliphatic hydroxyl groups is 1. The van der Waals surface area contributed by atoms with Gasteiger partial charge >= 0.3 is 0 Å². The molecule has 0 saturated carbocycles. The number of aryl methyl sites for hydroxylation is 2. The van der Waals surface area contributed by atoms with Crippen LogP contribution in [0.15, 0.2) is 12.1 Å². The molecule has 0 aromatic heterocycles. The maximum atomic E-state index is 14.1. The van der Waals surface area contributed by atoms with Crippen LogP contribution in [-0.2, 0) is 4.74 Å². The molecule has 0 aliphatic carbocycles. The minimum Gasteiger partial charge on any atom is -0.386 e. The maximum absolute atomic E-state index is 14.1. The van der Waals surface area contributed by atoms with E-state index in [9.17, 15) is 9.50 Å². The quantitative estimate of drug-likeness (QED) is 0.896. The van der Waals surface area contributed by atoms with Gasteiger partial charge in [-0.25, -0.2) is 4.39 Å². The van der Waals surface area contributed by atoms with E-state index >= 15 is 0 Å². The molecule has 0 aliphatic rings. The molecule has 0 spiro atoms. The SMILES string of the molecule is CCOC(C(O)c1c(C)cc(C)cc1F)C(C)(C)C. The van der Waals surface area contributed by atoms with Crippen LogP contribution in [0.3, 0.4) is 0 Å². The van der Waals surface area contributed by atoms with Crippen molar-refractivity contribution in [3.63, 3.8) is 0 Å². The van der Waals surface area contributed by atoms with Crippen LogP contribution in [0.25, 0.3) is 0 Å². The van der Waals surface area contributed by atoms with Crippen molar-refractivity contribution < 1.29 is 14.2 Å². The second-order valence-corrected chi connectivity index (χ2v) is 6.16. The van der Waals surface area contributed by atoms with E-state index in [4.69, 9.17) is 4.74 Å². The largest absolute Gasteiger partial charge is 0.386 e. The van der Waals surface area contributed by atoms with Crippen molar-refractivity contribution in [1.29, 1.82) is 0 Å². The van der Waals surface area contributed by atoms with Gasteiger partial charge in [0.05, 0.1) is 6.10 Å². The van der Waals surface area contributed by atoms with Crippen molar-refractivity contribution in [2.24, 2.45) is 5.41 Å². The van der Waals surface area contributed by atoms with E-state index < -0.39 is 12.2 Å². The average molecular weight is 268 g/mol. The van der Waals surface area contributed by atoms with Gasteiger partial charge in [0.2, 0.25) is 0 Å². The Bertz CT molecular complexity index is 412. The fraction of sp³-hybridized carbons (Fsp3) is 0.625. The summed E-state index contributed by atoms with van der Waals surface area (Å²) in [5.41, 5.74) is 1.70. The molecule has 2 nitrogen and oxygen atoms in total. The predicted molar refractivity (Wildman–Crippen MR) is 75.7 cm³/mol. The van der Waals surface area contributed by atoms with Crippen molar-refractivity contribution in [3.05, 3.63) is 34.6 Å². The van der Waals surface area contributed by atoms with Gasteiger partial charge in [0.1, 0.15) is 11.9 Å². The molecule has 1 N–H and O–H groups in total. The first kappa shape index (κ1) is 16.1. The third-order valence-electron chi connectivity index (χ3n) is 3.26. The van der Waals surface area contributed by atoms with Gasteiger partial charge in [0.15, 0.2) is 0 Å². The van der Waals surface area contributed by atoms with E-state index in [1.165, 1.54) is 6.07 Å². The standard InChI is InChI=1S/C16H25FO2/c1-7-19-15(16(4,5)6)14(18)13-11(3)8-10(2)9-12(13)17/h8-9,14-15,18H,7H2,1-6H3. The lowest BCUT2D eigenvalue weighted by molar-refractivity contribution is -0.0910. The van der Waals surface area contributed by atoms with Gasteiger partial charge in [-0.15, -0.1) is 0 Å². The Kier molecular flexibility index (Phi) is 5.11. The van der Waals surface area contributed by atoms with Crippen LogP contribution in [-0.4, -0.2) is 17.8 Å². The first-order valence-corrected chi connectivity index (χ1v) is 6.74. The second kappa shape index (κ2) is 6.02. The highest BCUT2D eigenvalue weighted by atomic mass is 19.1. The lowest BCUT2D eigenvalue weighted by atomic mass is 9.82. The Morgan fingerprint density at radius 2 is 1.84 bits per heavy atom. The Hall–Kier alpha value is -0.930. The van der Waals surface area contributed by atoms with E-state index in [0.29, 0.717) is 12.2 Å². The summed E-state index contributed by atoms with van der Waals surface area (Å²) in [4.78, 5) is 0. The monoisotopic (exact) mass is 268 g/mol. The molecule has 0 saturated heterocycles. The summed E-state index contributed by atoms with van der Waals surface area (Å²) in [6, 6.07) is 3.34. The smallest absolute Gasteiger partial charge is 0.129 e. The molecular weight excluding hydrogens is 243 g/mol. The fourth-order valence-electron chi connectivity index (χ4n) is 2.45. The molecule has 1 rings (SSSR count). The second-order valence-electron chi connectivity index (χ2n) is 6.16. The van der Waals surface area contributed by atoms with Crippen LogP contribution >= 0.6 is 0 Å². The van der Waals surface area contributed by atoms with Crippen LogP contribution < -0.4 is 0 Å². The van der Waals surface area contributed by atoms with E-state index in [-0.39, 0.29) is 11.2 Å². The molecule has 2 unspecified atom stereocenters. The first-order chi connectivity index (χ1) is 8.68. The highest BCUT2D eigenvalue weighted by Crippen LogP contribution is 2.35. The summed E-state index contributed by atoms with van der Waals surface area (Å²) < 4.78 is 19.8. The summed E-state index contributed by atoms with van der Waals surface area (Å²) >= 11 is 0. The topological polar surface area (TPSA) is 29.5 Å². The Balaban J connectivity index is 3.20. The maximum Gasteiger partial charge on any atom is 0.129 e. The van der Waals surface area contributed by atoms with E-state index in [2.05, 4.69) is 0 Å². The van der Waals surface area contributed by atoms with Crippen molar-refractivity contribution in [2.45, 2.75) is 53.8 Å². The Labute approximate surface area is 115 Å². The number of aliphatic hydroxyl groups excluding tert-OH is 1. The normalized spacial score (nSPS) is 15.4. The minimum absolute atomic E-state index is 0.265. The first-order valence-electron chi connectivity index (χ1n) is 6.74. The van der Waals surface area contributed by atoms with E-state index in [1.807, 2.05) is 47.6 Å². The van der Waals surface area contributed by atoms with E-state index in [1.54, 1.807) is 0 Å². The van der Waals surface area contributed by atoms with Gasteiger partial charge in [-0.3, -0.25) is 0 Å². The molecular formula is C16H25FO2. The summed E-state index contributed by atoms with van der Waals surface area (Å²) in [6.07, 6.45) is -1.39. The summed E-state index contributed by atoms with van der Waals surface area (Å²) in [6.45, 7) is 12.0. The molecule has 1 aromatic carbocycles. The molecule has 108 valence electrons. The summed E-state index contributed by atoms with van der Waals surface area (Å²) in [7, 11) is 0. The zero-order valence-corrected chi connectivity index (χ0v) is 12.7. The molecule has 0 amide bonds. The van der Waals surface area contributed by atoms with Crippen LogP contribution in [0.5, 0.6) is 0 Å². The molecule has 0 bridgehead atoms. The number of benzene rings is 1. The molecule has 3 heteroatoms. The van der Waals surface area contributed by atoms with Gasteiger partial charge in [-0.1, -0.05) is 26.8 Å². The lowest BCUT2D eigenvalue weighted by Crippen LogP contribution is -2.36. The minimum atomic E-state index is -0.958. The van der Waals surface area contributed by atoms with Crippen molar-refractivity contribution in [1.82, 2.24) is 0 Å². The highest BCUT2D eigenvalue weighted by molar-refractivity contribution is 5.34. The number of halogens is 1. The molecule has 0 heterocycles. The Morgan fingerprint density at radius 1 is 1.26 bits per heavy atom. The molecule has 19 heavy (non-hydrogen) atoms. The number of rotatable bonds is 4. The van der Waals surface area contributed by atoms with Crippen molar-refractivity contribution in [2.75, 3.05) is 6.61 Å². The van der Waals surface area contributed by atoms with Crippen LogP contribution in [0, 0.1) is 25.1 Å². The fourth-order valence-corrected chi connectivity index (χ4v) is 2.45. The molecule has 2 atom stereocenters. The Morgan fingerprint density at radius 3 is 2.26 bits per heavy atom. The number of hydrogen-bond donors (Lipinski definition) is 1. The average Bonchev–Trinajstić information content (AvgIpc) is 2.22. The number of ether oxygens (including phenoxy) is 1. The van der Waals surface area contributed by atoms with Crippen molar-refractivity contribution in [3.8, 4) is 0 Å². The van der Waals surface area contributed by atoms with Gasteiger partial charge in [0.25, 0.3) is 0 Å². The van der Waals surface area contributed by atoms with E-state index in [0.717, 1.165) is 11.1 Å². The van der Waals surface area contributed by atoms with Crippen molar-refractivity contribution >= 4 is 0 Å². The van der Waals surface area contributed by atoms with Gasteiger partial charge < -0.3 is 9.84 Å². The van der Waals surface area contributed by atoms with Crippen LogP contribution in [0.1, 0.15) is 50.5 Å².